The summed E-state index contributed by atoms with van der Waals surface area (Å²) in [6.07, 6.45) is -0.178. The molecule has 3 aromatic carbocycles. The molecule has 2 atom stereocenters. The Bertz CT molecular complexity index is 1270. The van der Waals surface area contributed by atoms with E-state index in [1.165, 1.54) is 17.9 Å². The second kappa shape index (κ2) is 11.8. The molecular weight excluding hydrogens is 470 g/mol. The van der Waals surface area contributed by atoms with Gasteiger partial charge in [0.2, 0.25) is 5.91 Å². The number of phenols is 1. The van der Waals surface area contributed by atoms with E-state index in [4.69, 9.17) is 4.74 Å². The number of nitrogens with one attached hydrogen (secondary N) is 2. The highest BCUT2D eigenvalue weighted by molar-refractivity contribution is 6.00. The molecule has 196 valence electrons. The molecule has 0 spiro atoms. The molecule has 2 unspecified atom stereocenters. The van der Waals surface area contributed by atoms with Crippen LogP contribution in [0.15, 0.2) is 66.7 Å². The second-order valence-corrected chi connectivity index (χ2v) is 9.91. The summed E-state index contributed by atoms with van der Waals surface area (Å²) in [6.45, 7) is 8.84. The number of carbonyl (C=O) groups excluding carboxylic acids is 3. The van der Waals surface area contributed by atoms with Crippen LogP contribution in [0.1, 0.15) is 52.6 Å². The molecule has 0 heterocycles. The van der Waals surface area contributed by atoms with Gasteiger partial charge in [0.05, 0.1) is 0 Å². The fourth-order valence-electron chi connectivity index (χ4n) is 4.05. The average Bonchev–Trinajstić information content (AvgIpc) is 2.83. The summed E-state index contributed by atoms with van der Waals surface area (Å²) in [7, 11) is 0. The maximum atomic E-state index is 13.7. The number of ether oxygens (including phenoxy) is 1. The molecule has 3 N–H and O–H groups in total. The highest BCUT2D eigenvalue weighted by atomic mass is 16.6. The molecule has 0 aromatic heterocycles. The molecule has 0 aliphatic rings. The predicted octanol–water partition coefficient (Wildman–Crippen LogP) is 5.38. The topological polar surface area (TPSA) is 108 Å². The third-order valence-electron chi connectivity index (χ3n) is 5.66. The van der Waals surface area contributed by atoms with Crippen molar-refractivity contribution >= 4 is 34.4 Å². The van der Waals surface area contributed by atoms with Crippen molar-refractivity contribution in [2.45, 2.75) is 58.7 Å². The SMILES string of the molecule is CCCN(C(=O)C(C)NC(=O)OC(C)(C)C)C(C(=O)Nc1ccc2ccccc2c1)c1ccccc1O. The fourth-order valence-corrected chi connectivity index (χ4v) is 4.05. The number of hydrogen-bond acceptors (Lipinski definition) is 5. The van der Waals surface area contributed by atoms with E-state index in [2.05, 4.69) is 10.6 Å². The molecule has 0 fully saturated rings. The van der Waals surface area contributed by atoms with E-state index < -0.39 is 35.6 Å². The van der Waals surface area contributed by atoms with Gasteiger partial charge in [-0.25, -0.2) is 4.79 Å². The van der Waals surface area contributed by atoms with Crippen LogP contribution in [-0.2, 0) is 14.3 Å². The predicted molar refractivity (Wildman–Crippen MR) is 144 cm³/mol. The third kappa shape index (κ3) is 7.22. The minimum atomic E-state index is -1.14. The van der Waals surface area contributed by atoms with Gasteiger partial charge in [-0.05, 0) is 63.1 Å². The van der Waals surface area contributed by atoms with Gasteiger partial charge in [-0.15, -0.1) is 0 Å². The van der Waals surface area contributed by atoms with E-state index in [0.29, 0.717) is 12.1 Å². The van der Waals surface area contributed by atoms with Crippen LogP contribution in [0.2, 0.25) is 0 Å². The standard InChI is InChI=1S/C29H35N3O5/c1-6-17-32(27(35)19(2)30-28(36)37-29(3,4)5)25(23-13-9-10-14-24(23)33)26(34)31-22-16-15-20-11-7-8-12-21(20)18-22/h7-16,18-19,25,33H,6,17H2,1-5H3,(H,30,36)(H,31,34). The molecule has 8 heteroatoms. The normalized spacial score (nSPS) is 12.9. The summed E-state index contributed by atoms with van der Waals surface area (Å²) < 4.78 is 5.28. The monoisotopic (exact) mass is 505 g/mol. The molecule has 0 saturated heterocycles. The van der Waals surface area contributed by atoms with Crippen molar-refractivity contribution in [3.63, 3.8) is 0 Å². The van der Waals surface area contributed by atoms with Gasteiger partial charge in [-0.3, -0.25) is 9.59 Å². The minimum Gasteiger partial charge on any atom is -0.508 e. The van der Waals surface area contributed by atoms with E-state index in [-0.39, 0.29) is 17.9 Å². The molecule has 0 aliphatic heterocycles. The third-order valence-corrected chi connectivity index (χ3v) is 5.66. The number of benzene rings is 3. The quantitative estimate of drug-likeness (QED) is 0.381. The number of phenolic OH excluding ortho intramolecular Hbond substituents is 1. The zero-order chi connectivity index (χ0) is 27.2. The largest absolute Gasteiger partial charge is 0.508 e. The zero-order valence-electron chi connectivity index (χ0n) is 21.9. The summed E-state index contributed by atoms with van der Waals surface area (Å²) in [6, 6.07) is 17.7. The first-order chi connectivity index (χ1) is 17.5. The first-order valence-electron chi connectivity index (χ1n) is 12.4. The Morgan fingerprint density at radius 2 is 1.62 bits per heavy atom. The number of alkyl carbamates (subject to hydrolysis) is 1. The molecule has 0 aliphatic carbocycles. The maximum absolute atomic E-state index is 13.7. The first kappa shape index (κ1) is 27.5. The van der Waals surface area contributed by atoms with Gasteiger partial charge in [0, 0.05) is 17.8 Å². The first-order valence-corrected chi connectivity index (χ1v) is 12.4. The van der Waals surface area contributed by atoms with Crippen molar-refractivity contribution in [3.8, 4) is 5.75 Å². The van der Waals surface area contributed by atoms with Gasteiger partial charge in [-0.1, -0.05) is 55.5 Å². The van der Waals surface area contributed by atoms with E-state index in [1.54, 1.807) is 45.0 Å². The van der Waals surface area contributed by atoms with Gasteiger partial charge >= 0.3 is 6.09 Å². The number of hydrogen-bond donors (Lipinski definition) is 3. The summed E-state index contributed by atoms with van der Waals surface area (Å²) in [5, 5.41) is 18.1. The lowest BCUT2D eigenvalue weighted by Gasteiger charge is -2.33. The van der Waals surface area contributed by atoms with Gasteiger partial charge in [-0.2, -0.15) is 0 Å². The molecule has 3 aromatic rings. The number of amides is 3. The van der Waals surface area contributed by atoms with Crippen molar-refractivity contribution < 1.29 is 24.2 Å². The van der Waals surface area contributed by atoms with Crippen molar-refractivity contribution in [1.82, 2.24) is 10.2 Å². The number of para-hydroxylation sites is 1. The molecule has 3 amide bonds. The van der Waals surface area contributed by atoms with Crippen molar-refractivity contribution in [3.05, 3.63) is 72.3 Å². The summed E-state index contributed by atoms with van der Waals surface area (Å²) >= 11 is 0. The number of anilines is 1. The van der Waals surface area contributed by atoms with Gasteiger partial charge in [0.15, 0.2) is 0 Å². The Morgan fingerprint density at radius 1 is 0.973 bits per heavy atom. The van der Waals surface area contributed by atoms with Crippen LogP contribution in [0.25, 0.3) is 10.8 Å². The smallest absolute Gasteiger partial charge is 0.408 e. The van der Waals surface area contributed by atoms with E-state index in [1.807, 2.05) is 43.3 Å². The lowest BCUT2D eigenvalue weighted by atomic mass is 10.0. The fraction of sp³-hybridized carbons (Fsp3) is 0.345. The molecule has 8 nitrogen and oxygen atoms in total. The van der Waals surface area contributed by atoms with Crippen LogP contribution in [0.3, 0.4) is 0 Å². The molecular formula is C29H35N3O5. The highest BCUT2D eigenvalue weighted by Gasteiger charge is 2.35. The molecule has 3 rings (SSSR count). The van der Waals surface area contributed by atoms with Crippen molar-refractivity contribution in [2.24, 2.45) is 0 Å². The Balaban J connectivity index is 1.94. The van der Waals surface area contributed by atoms with Crippen molar-refractivity contribution in [2.75, 3.05) is 11.9 Å². The zero-order valence-corrected chi connectivity index (χ0v) is 21.9. The van der Waals surface area contributed by atoms with Crippen LogP contribution in [0, 0.1) is 0 Å². The van der Waals surface area contributed by atoms with Crippen LogP contribution in [0.4, 0.5) is 10.5 Å². The van der Waals surface area contributed by atoms with Crippen LogP contribution in [0.5, 0.6) is 5.75 Å². The van der Waals surface area contributed by atoms with Crippen molar-refractivity contribution in [1.29, 1.82) is 0 Å². The summed E-state index contributed by atoms with van der Waals surface area (Å²) in [5.41, 5.74) is 0.119. The van der Waals surface area contributed by atoms with E-state index in [0.717, 1.165) is 10.8 Å². The molecule has 0 bridgehead atoms. The number of nitrogens with zero attached hydrogens (tertiary/aromatic N) is 1. The van der Waals surface area contributed by atoms with E-state index in [9.17, 15) is 19.5 Å². The minimum absolute atomic E-state index is 0.109. The Morgan fingerprint density at radius 3 is 2.27 bits per heavy atom. The lowest BCUT2D eigenvalue weighted by Crippen LogP contribution is -2.51. The van der Waals surface area contributed by atoms with E-state index >= 15 is 0 Å². The Kier molecular flexibility index (Phi) is 8.76. The van der Waals surface area contributed by atoms with Crippen LogP contribution in [-0.4, -0.2) is 46.1 Å². The average molecular weight is 506 g/mol. The highest BCUT2D eigenvalue weighted by Crippen LogP contribution is 2.31. The van der Waals surface area contributed by atoms with Gasteiger partial charge in [0.1, 0.15) is 23.4 Å². The number of carbonyl (C=O) groups is 3. The van der Waals surface area contributed by atoms with Crippen LogP contribution < -0.4 is 10.6 Å². The Labute approximate surface area is 217 Å². The Hall–Kier alpha value is -4.07. The number of fused-ring (bicyclic) bond motifs is 1. The summed E-state index contributed by atoms with van der Waals surface area (Å²) in [4.78, 5) is 41.0. The summed E-state index contributed by atoms with van der Waals surface area (Å²) in [5.74, 6) is -1.07. The van der Waals surface area contributed by atoms with Gasteiger partial charge in [0.25, 0.3) is 5.91 Å². The number of rotatable bonds is 8. The second-order valence-electron chi connectivity index (χ2n) is 9.91. The maximum Gasteiger partial charge on any atom is 0.408 e. The van der Waals surface area contributed by atoms with Crippen LogP contribution >= 0.6 is 0 Å². The number of aromatic hydroxyl groups is 1. The molecule has 0 saturated carbocycles. The molecule has 0 radical (unpaired) electrons. The lowest BCUT2D eigenvalue weighted by molar-refractivity contribution is -0.140. The molecule has 37 heavy (non-hydrogen) atoms. The van der Waals surface area contributed by atoms with Gasteiger partial charge < -0.3 is 25.4 Å².